The van der Waals surface area contributed by atoms with Crippen LogP contribution in [0.4, 0.5) is 0 Å². The van der Waals surface area contributed by atoms with Gasteiger partial charge in [-0.05, 0) is 24.4 Å². The molecule has 2 rings (SSSR count). The molecule has 0 saturated carbocycles. The van der Waals surface area contributed by atoms with E-state index in [2.05, 4.69) is 0 Å². The maximum atomic E-state index is 9.50. The smallest absolute Gasteiger partial charge is 0.176 e. The van der Waals surface area contributed by atoms with E-state index >= 15 is 0 Å². The van der Waals surface area contributed by atoms with Crippen molar-refractivity contribution in [2.45, 2.75) is 19.6 Å². The van der Waals surface area contributed by atoms with Gasteiger partial charge in [-0.25, -0.2) is 0 Å². The molecule has 0 N–H and O–H groups in total. The van der Waals surface area contributed by atoms with E-state index in [1.54, 1.807) is 12.1 Å². The van der Waals surface area contributed by atoms with Gasteiger partial charge in [-0.1, -0.05) is 18.2 Å². The molecule has 1 aromatic heterocycles. The van der Waals surface area contributed by atoms with Gasteiger partial charge in [-0.15, -0.1) is 0 Å². The molecule has 0 aliphatic carbocycles. The van der Waals surface area contributed by atoms with Crippen molar-refractivity contribution < 1.29 is 4.74 Å². The van der Waals surface area contributed by atoms with Crippen molar-refractivity contribution in [3.05, 3.63) is 36.5 Å². The lowest BCUT2D eigenvalue weighted by molar-refractivity contribution is -0.00885. The highest BCUT2D eigenvalue weighted by molar-refractivity contribution is 5.80. The maximum Gasteiger partial charge on any atom is 0.176 e. The van der Waals surface area contributed by atoms with E-state index in [4.69, 9.17) is 15.3 Å². The van der Waals surface area contributed by atoms with Crippen molar-refractivity contribution in [1.29, 1.82) is 21.0 Å². The van der Waals surface area contributed by atoms with Crippen LogP contribution in [0.5, 0.6) is 0 Å². The average molecular weight is 317 g/mol. The third-order valence-electron chi connectivity index (χ3n) is 3.95. The van der Waals surface area contributed by atoms with Crippen LogP contribution in [0.25, 0.3) is 10.9 Å². The van der Waals surface area contributed by atoms with Crippen LogP contribution in [-0.4, -0.2) is 11.2 Å². The molecule has 0 spiro atoms. The van der Waals surface area contributed by atoms with Crippen LogP contribution in [0.15, 0.2) is 36.5 Å². The number of nitrogens with zero attached hydrogens (tertiary/aromatic N) is 5. The van der Waals surface area contributed by atoms with E-state index < -0.39 is 17.6 Å². The van der Waals surface area contributed by atoms with Crippen molar-refractivity contribution in [3.63, 3.8) is 0 Å². The lowest BCUT2D eigenvalue weighted by Gasteiger charge is -2.27. The molecule has 2 aromatic rings. The summed E-state index contributed by atoms with van der Waals surface area (Å²) in [5, 5.41) is 38.3. The van der Waals surface area contributed by atoms with Crippen molar-refractivity contribution >= 4 is 10.9 Å². The van der Waals surface area contributed by atoms with Crippen molar-refractivity contribution in [2.24, 2.45) is 11.3 Å². The van der Waals surface area contributed by atoms with Crippen LogP contribution in [0.3, 0.4) is 0 Å². The Morgan fingerprint density at radius 3 is 2.33 bits per heavy atom. The summed E-state index contributed by atoms with van der Waals surface area (Å²) in [6, 6.07) is 16.8. The molecule has 1 aromatic carbocycles. The highest BCUT2D eigenvalue weighted by atomic mass is 16.5. The highest BCUT2D eigenvalue weighted by Crippen LogP contribution is 2.37. The molecule has 0 saturated heterocycles. The Morgan fingerprint density at radius 1 is 1.08 bits per heavy atom. The minimum absolute atomic E-state index is 0.0711. The van der Waals surface area contributed by atoms with Crippen molar-refractivity contribution in [2.75, 3.05) is 6.61 Å². The number of nitriles is 4. The van der Waals surface area contributed by atoms with E-state index in [-0.39, 0.29) is 6.42 Å². The fraction of sp³-hybridized carbons (Fsp3) is 0.333. The SMILES string of the molecule is CCOC(CC(C#N)(C#N)C(C#N)C#N)n1ccc2ccccc21. The summed E-state index contributed by atoms with van der Waals surface area (Å²) < 4.78 is 7.56. The Hall–Kier alpha value is -3.32. The standard InChI is InChI=1S/C18H15N5O/c1-2-24-17(9-18(12-21,13-22)15(10-19)11-20)23-8-7-14-5-3-4-6-16(14)23/h3-8,15,17H,2,9H2,1H3. The van der Waals surface area contributed by atoms with E-state index in [0.717, 1.165) is 10.9 Å². The van der Waals surface area contributed by atoms with Crippen LogP contribution < -0.4 is 0 Å². The van der Waals surface area contributed by atoms with Gasteiger partial charge in [0.05, 0.1) is 29.8 Å². The zero-order chi connectivity index (χ0) is 17.6. The molecule has 1 unspecified atom stereocenters. The zero-order valence-electron chi connectivity index (χ0n) is 13.2. The first-order valence-electron chi connectivity index (χ1n) is 7.44. The summed E-state index contributed by atoms with van der Waals surface area (Å²) >= 11 is 0. The Morgan fingerprint density at radius 2 is 1.75 bits per heavy atom. The summed E-state index contributed by atoms with van der Waals surface area (Å²) in [5.41, 5.74) is -0.861. The van der Waals surface area contributed by atoms with E-state index in [0.29, 0.717) is 6.61 Å². The summed E-state index contributed by atoms with van der Waals surface area (Å²) in [6.45, 7) is 2.18. The average Bonchev–Trinajstić information content (AvgIpc) is 3.05. The first-order chi connectivity index (χ1) is 11.7. The number of benzene rings is 1. The lowest BCUT2D eigenvalue weighted by Crippen LogP contribution is -2.30. The molecule has 6 nitrogen and oxygen atoms in total. The van der Waals surface area contributed by atoms with Crippen LogP contribution in [0.2, 0.25) is 0 Å². The van der Waals surface area contributed by atoms with Gasteiger partial charge in [0, 0.05) is 19.2 Å². The second-order valence-corrected chi connectivity index (χ2v) is 5.28. The second-order valence-electron chi connectivity index (χ2n) is 5.28. The van der Waals surface area contributed by atoms with Crippen molar-refractivity contribution in [1.82, 2.24) is 4.57 Å². The molecule has 0 radical (unpaired) electrons. The van der Waals surface area contributed by atoms with E-state index in [1.807, 2.05) is 60.2 Å². The Kier molecular flexibility index (Phi) is 5.18. The third kappa shape index (κ3) is 2.92. The number of fused-ring (bicyclic) bond motifs is 1. The van der Waals surface area contributed by atoms with E-state index in [9.17, 15) is 10.5 Å². The molecule has 24 heavy (non-hydrogen) atoms. The second kappa shape index (κ2) is 7.30. The fourth-order valence-electron chi connectivity index (χ4n) is 2.67. The summed E-state index contributed by atoms with van der Waals surface area (Å²) in [6.07, 6.45) is 1.12. The molecular weight excluding hydrogens is 302 g/mol. The minimum Gasteiger partial charge on any atom is -0.358 e. The topological polar surface area (TPSA) is 109 Å². The van der Waals surface area contributed by atoms with Crippen LogP contribution in [-0.2, 0) is 4.74 Å². The van der Waals surface area contributed by atoms with Gasteiger partial charge in [-0.3, -0.25) is 0 Å². The predicted molar refractivity (Wildman–Crippen MR) is 85.6 cm³/mol. The van der Waals surface area contributed by atoms with Crippen molar-refractivity contribution in [3.8, 4) is 24.3 Å². The quantitative estimate of drug-likeness (QED) is 0.812. The molecular formula is C18H15N5O. The Bertz CT molecular complexity index is 859. The Balaban J connectivity index is 2.49. The fourth-order valence-corrected chi connectivity index (χ4v) is 2.67. The number of hydrogen-bond acceptors (Lipinski definition) is 5. The first-order valence-corrected chi connectivity index (χ1v) is 7.44. The van der Waals surface area contributed by atoms with E-state index in [1.165, 1.54) is 0 Å². The van der Waals surface area contributed by atoms with Gasteiger partial charge in [0.2, 0.25) is 0 Å². The maximum absolute atomic E-state index is 9.50. The first kappa shape index (κ1) is 17.0. The predicted octanol–water partition coefficient (Wildman–Crippen LogP) is 3.26. The molecule has 0 aliphatic heterocycles. The van der Waals surface area contributed by atoms with Gasteiger partial charge < -0.3 is 9.30 Å². The molecule has 1 heterocycles. The van der Waals surface area contributed by atoms with Gasteiger partial charge >= 0.3 is 0 Å². The summed E-state index contributed by atoms with van der Waals surface area (Å²) in [7, 11) is 0. The van der Waals surface area contributed by atoms with Crippen LogP contribution in [0, 0.1) is 56.7 Å². The minimum atomic E-state index is -1.76. The third-order valence-corrected chi connectivity index (χ3v) is 3.95. The Labute approximate surface area is 140 Å². The van der Waals surface area contributed by atoms with Gasteiger partial charge in [-0.2, -0.15) is 21.0 Å². The van der Waals surface area contributed by atoms with Gasteiger partial charge in [0.25, 0.3) is 0 Å². The number of ether oxygens (including phenoxy) is 1. The molecule has 1 atom stereocenters. The van der Waals surface area contributed by atoms with Crippen LogP contribution in [0.1, 0.15) is 19.6 Å². The monoisotopic (exact) mass is 317 g/mol. The molecule has 0 aliphatic rings. The largest absolute Gasteiger partial charge is 0.358 e. The molecule has 6 heteroatoms. The lowest BCUT2D eigenvalue weighted by atomic mass is 9.76. The number of para-hydroxylation sites is 1. The molecule has 0 amide bonds. The number of hydrogen-bond donors (Lipinski definition) is 0. The normalized spacial score (nSPS) is 12.1. The summed E-state index contributed by atoms with van der Waals surface area (Å²) in [4.78, 5) is 0. The number of aromatic nitrogens is 1. The molecule has 0 fully saturated rings. The van der Waals surface area contributed by atoms with Gasteiger partial charge in [0.1, 0.15) is 6.23 Å². The van der Waals surface area contributed by atoms with Gasteiger partial charge in [0.15, 0.2) is 11.3 Å². The zero-order valence-corrected chi connectivity index (χ0v) is 13.2. The molecule has 0 bridgehead atoms. The molecule has 118 valence electrons. The van der Waals surface area contributed by atoms with Crippen LogP contribution >= 0.6 is 0 Å². The summed E-state index contributed by atoms with van der Waals surface area (Å²) in [5.74, 6) is -1.35. The highest BCUT2D eigenvalue weighted by Gasteiger charge is 2.43. The number of rotatable bonds is 6.